The first-order valence-corrected chi connectivity index (χ1v) is 4.15. The van der Waals surface area contributed by atoms with Crippen LogP contribution in [-0.2, 0) is 19.1 Å². The van der Waals surface area contributed by atoms with Crippen LogP contribution >= 0.6 is 0 Å². The van der Waals surface area contributed by atoms with Gasteiger partial charge in [-0.25, -0.2) is 4.79 Å². The van der Waals surface area contributed by atoms with Crippen molar-refractivity contribution < 1.29 is 19.1 Å². The molecule has 0 radical (unpaired) electrons. The van der Waals surface area contributed by atoms with Gasteiger partial charge in [-0.1, -0.05) is 13.2 Å². The number of hydrogen-bond acceptors (Lipinski definition) is 4. The van der Waals surface area contributed by atoms with Crippen LogP contribution in [0.25, 0.3) is 0 Å². The second-order valence-corrected chi connectivity index (χ2v) is 1.73. The molecule has 0 heterocycles. The highest BCUT2D eigenvalue weighted by Crippen LogP contribution is 1.74. The van der Waals surface area contributed by atoms with Gasteiger partial charge in [0.05, 0.1) is 12.9 Å². The van der Waals surface area contributed by atoms with Crippen molar-refractivity contribution in [3.05, 3.63) is 38.7 Å². The minimum atomic E-state index is -0.359. The van der Waals surface area contributed by atoms with Crippen molar-refractivity contribution in [2.75, 3.05) is 6.61 Å². The van der Waals surface area contributed by atoms with Crippen LogP contribution in [0.5, 0.6) is 0 Å². The Morgan fingerprint density at radius 1 is 1.27 bits per heavy atom. The Morgan fingerprint density at radius 2 is 1.73 bits per heavy atom. The SMILES string of the molecule is C=C.C=CC(=O)OCC.C=COC(C)=O. The largest absolute Gasteiger partial charge is 0.463 e. The lowest BCUT2D eigenvalue weighted by Crippen LogP contribution is -1.97. The van der Waals surface area contributed by atoms with Crippen LogP contribution in [0.3, 0.4) is 0 Å². The number of carbonyl (C=O) groups excluding carboxylic acids is 2. The Hall–Kier alpha value is -1.84. The van der Waals surface area contributed by atoms with Crippen molar-refractivity contribution in [3.63, 3.8) is 0 Å². The Balaban J connectivity index is -0.000000166. The molecule has 0 rings (SSSR count). The van der Waals surface area contributed by atoms with E-state index in [2.05, 4.69) is 35.8 Å². The van der Waals surface area contributed by atoms with Crippen molar-refractivity contribution in [1.82, 2.24) is 0 Å². The number of carbonyl (C=O) groups is 2. The smallest absolute Gasteiger partial charge is 0.330 e. The fraction of sp³-hybridized carbons (Fsp3) is 0.273. The molecule has 0 saturated heterocycles. The summed E-state index contributed by atoms with van der Waals surface area (Å²) in [4.78, 5) is 19.8. The van der Waals surface area contributed by atoms with Gasteiger partial charge >= 0.3 is 11.9 Å². The Labute approximate surface area is 90.9 Å². The highest BCUT2D eigenvalue weighted by Gasteiger charge is 1.86. The topological polar surface area (TPSA) is 52.6 Å². The number of hydrogen-bond donors (Lipinski definition) is 0. The third-order valence-corrected chi connectivity index (χ3v) is 0.703. The predicted molar refractivity (Wildman–Crippen MR) is 60.0 cm³/mol. The van der Waals surface area contributed by atoms with Crippen LogP contribution in [0.4, 0.5) is 0 Å². The predicted octanol–water partition coefficient (Wildman–Crippen LogP) is 2.23. The van der Waals surface area contributed by atoms with Gasteiger partial charge < -0.3 is 9.47 Å². The molecule has 0 spiro atoms. The quantitative estimate of drug-likeness (QED) is 0.313. The minimum Gasteiger partial charge on any atom is -0.463 e. The first-order valence-electron chi connectivity index (χ1n) is 4.15. The van der Waals surface area contributed by atoms with Gasteiger partial charge in [-0.2, -0.15) is 0 Å². The summed E-state index contributed by atoms with van der Waals surface area (Å²) in [5.41, 5.74) is 0. The zero-order chi connectivity index (χ0) is 12.7. The fourth-order valence-corrected chi connectivity index (χ4v) is 0.319. The third-order valence-electron chi connectivity index (χ3n) is 0.703. The molecule has 0 unspecified atom stereocenters. The average Bonchev–Trinajstić information content (AvgIpc) is 2.22. The van der Waals surface area contributed by atoms with E-state index in [1.54, 1.807) is 6.92 Å². The Kier molecular flexibility index (Phi) is 22.7. The van der Waals surface area contributed by atoms with E-state index in [0.717, 1.165) is 12.3 Å². The van der Waals surface area contributed by atoms with E-state index in [-0.39, 0.29) is 11.9 Å². The molecule has 15 heavy (non-hydrogen) atoms. The van der Waals surface area contributed by atoms with Crippen LogP contribution < -0.4 is 0 Å². The molecule has 0 amide bonds. The summed E-state index contributed by atoms with van der Waals surface area (Å²) < 4.78 is 8.60. The van der Waals surface area contributed by atoms with Gasteiger partial charge in [0.25, 0.3) is 0 Å². The summed E-state index contributed by atoms with van der Waals surface area (Å²) in [5, 5.41) is 0. The van der Waals surface area contributed by atoms with Gasteiger partial charge in [0.2, 0.25) is 0 Å². The van der Waals surface area contributed by atoms with E-state index < -0.39 is 0 Å². The molecule has 0 N–H and O–H groups in total. The van der Waals surface area contributed by atoms with Gasteiger partial charge in [0.1, 0.15) is 0 Å². The van der Waals surface area contributed by atoms with Crippen LogP contribution in [-0.4, -0.2) is 18.5 Å². The van der Waals surface area contributed by atoms with Crippen molar-refractivity contribution in [1.29, 1.82) is 0 Å². The molecule has 0 aromatic rings. The molecule has 0 bridgehead atoms. The van der Waals surface area contributed by atoms with Crippen molar-refractivity contribution in [3.8, 4) is 0 Å². The van der Waals surface area contributed by atoms with Crippen molar-refractivity contribution in [2.45, 2.75) is 13.8 Å². The summed E-state index contributed by atoms with van der Waals surface area (Å²) in [5.74, 6) is -0.687. The molecule has 0 fully saturated rings. The first kappa shape index (κ1) is 18.9. The zero-order valence-electron chi connectivity index (χ0n) is 9.32. The summed E-state index contributed by atoms with van der Waals surface area (Å²) in [6.07, 6.45) is 2.24. The van der Waals surface area contributed by atoms with Gasteiger partial charge in [-0.3, -0.25) is 4.79 Å². The van der Waals surface area contributed by atoms with Crippen LogP contribution in [0.15, 0.2) is 38.7 Å². The summed E-state index contributed by atoms with van der Waals surface area (Å²) >= 11 is 0. The van der Waals surface area contributed by atoms with Crippen LogP contribution in [0.2, 0.25) is 0 Å². The molecule has 4 nitrogen and oxygen atoms in total. The molecule has 86 valence electrons. The van der Waals surface area contributed by atoms with E-state index in [4.69, 9.17) is 0 Å². The molecule has 4 heteroatoms. The lowest BCUT2D eigenvalue weighted by molar-refractivity contribution is -0.137. The lowest BCUT2D eigenvalue weighted by Gasteiger charge is -1.90. The molecule has 0 saturated carbocycles. The monoisotopic (exact) mass is 214 g/mol. The van der Waals surface area contributed by atoms with Crippen molar-refractivity contribution in [2.24, 2.45) is 0 Å². The molecular formula is C11H18O4. The summed E-state index contributed by atoms with van der Waals surface area (Å²) in [6.45, 7) is 15.9. The third kappa shape index (κ3) is 33.1. The van der Waals surface area contributed by atoms with E-state index in [9.17, 15) is 9.59 Å². The van der Waals surface area contributed by atoms with E-state index in [1.807, 2.05) is 0 Å². The maximum atomic E-state index is 10.1. The van der Waals surface area contributed by atoms with Crippen LogP contribution in [0.1, 0.15) is 13.8 Å². The van der Waals surface area contributed by atoms with Gasteiger partial charge in [0, 0.05) is 13.0 Å². The van der Waals surface area contributed by atoms with Gasteiger partial charge in [-0.05, 0) is 6.92 Å². The minimum absolute atomic E-state index is 0.329. The normalized spacial score (nSPS) is 6.53. The molecule has 0 aromatic carbocycles. The maximum Gasteiger partial charge on any atom is 0.330 e. The second-order valence-electron chi connectivity index (χ2n) is 1.73. The molecule has 0 aliphatic rings. The van der Waals surface area contributed by atoms with Crippen molar-refractivity contribution >= 4 is 11.9 Å². The lowest BCUT2D eigenvalue weighted by atomic mass is 10.6. The maximum absolute atomic E-state index is 10.1. The highest BCUT2D eigenvalue weighted by molar-refractivity contribution is 5.81. The van der Waals surface area contributed by atoms with Crippen LogP contribution in [0, 0.1) is 0 Å². The Morgan fingerprint density at radius 3 is 1.80 bits per heavy atom. The Bertz CT molecular complexity index is 197. The second kappa shape index (κ2) is 18.0. The number of ether oxygens (including phenoxy) is 2. The molecule has 0 aliphatic carbocycles. The zero-order valence-corrected chi connectivity index (χ0v) is 9.32. The van der Waals surface area contributed by atoms with E-state index in [0.29, 0.717) is 6.61 Å². The molecule has 0 aliphatic heterocycles. The summed E-state index contributed by atoms with van der Waals surface area (Å²) in [6, 6.07) is 0. The summed E-state index contributed by atoms with van der Waals surface area (Å²) in [7, 11) is 0. The molecule has 0 atom stereocenters. The molecule has 0 aromatic heterocycles. The number of esters is 2. The van der Waals surface area contributed by atoms with Gasteiger partial charge in [-0.15, -0.1) is 13.2 Å². The highest BCUT2D eigenvalue weighted by atomic mass is 16.5. The van der Waals surface area contributed by atoms with Gasteiger partial charge in [0.15, 0.2) is 0 Å². The first-order chi connectivity index (χ1) is 7.08. The number of rotatable bonds is 3. The fourth-order valence-electron chi connectivity index (χ4n) is 0.319. The average molecular weight is 214 g/mol. The van der Waals surface area contributed by atoms with E-state index >= 15 is 0 Å². The van der Waals surface area contributed by atoms with E-state index in [1.165, 1.54) is 6.92 Å². The standard InChI is InChI=1S/C5H8O2.C4H6O2.C2H4/c1-3-5(6)7-4-2;1-3-6-4(2)5;1-2/h3H,1,4H2,2H3;3H,1H2,2H3;1-2H2. The molecular weight excluding hydrogens is 196 g/mol.